The lowest BCUT2D eigenvalue weighted by Crippen LogP contribution is -2.48. The number of para-hydroxylation sites is 1. The van der Waals surface area contributed by atoms with Gasteiger partial charge in [0.25, 0.3) is 0 Å². The van der Waals surface area contributed by atoms with Gasteiger partial charge >= 0.3 is 0 Å². The molecule has 2 aliphatic heterocycles. The Labute approximate surface area is 136 Å². The zero-order valence-electron chi connectivity index (χ0n) is 13.0. The first-order chi connectivity index (χ1) is 10.7. The van der Waals surface area contributed by atoms with E-state index in [-0.39, 0.29) is 0 Å². The molecule has 3 heterocycles. The van der Waals surface area contributed by atoms with E-state index in [1.54, 1.807) is 5.56 Å². The SMILES string of the molecule is C[N+]12CCc3c([nH]c4ccccc34)[C@H]1[C@H]1CC(Cl)=CC[C@@H]1C2. The highest BCUT2D eigenvalue weighted by atomic mass is 35.5. The van der Waals surface area contributed by atoms with E-state index in [2.05, 4.69) is 42.4 Å². The Kier molecular flexibility index (Phi) is 2.64. The molecule has 1 aromatic carbocycles. The summed E-state index contributed by atoms with van der Waals surface area (Å²) in [5, 5.41) is 2.52. The van der Waals surface area contributed by atoms with Crippen molar-refractivity contribution in [3.8, 4) is 0 Å². The third-order valence-electron chi connectivity index (χ3n) is 6.42. The summed E-state index contributed by atoms with van der Waals surface area (Å²) in [6, 6.07) is 9.40. The molecule has 1 aliphatic carbocycles. The van der Waals surface area contributed by atoms with E-state index in [9.17, 15) is 0 Å². The fraction of sp³-hybridized carbons (Fsp3) is 0.474. The number of benzene rings is 1. The van der Waals surface area contributed by atoms with Gasteiger partial charge in [-0.3, -0.25) is 0 Å². The second-order valence-corrected chi connectivity index (χ2v) is 8.14. The first-order valence-corrected chi connectivity index (χ1v) is 8.82. The average Bonchev–Trinajstić information content (AvgIpc) is 3.01. The van der Waals surface area contributed by atoms with Crippen LogP contribution in [-0.4, -0.2) is 29.6 Å². The van der Waals surface area contributed by atoms with Crippen molar-refractivity contribution in [2.24, 2.45) is 11.8 Å². The van der Waals surface area contributed by atoms with Crippen LogP contribution in [0.4, 0.5) is 0 Å². The molecular formula is C19H22ClN2+. The van der Waals surface area contributed by atoms with E-state index in [1.165, 1.54) is 47.0 Å². The van der Waals surface area contributed by atoms with Gasteiger partial charge in [0, 0.05) is 34.2 Å². The van der Waals surface area contributed by atoms with Crippen LogP contribution in [-0.2, 0) is 6.42 Å². The fourth-order valence-electron chi connectivity index (χ4n) is 5.49. The van der Waals surface area contributed by atoms with E-state index in [4.69, 9.17) is 11.6 Å². The van der Waals surface area contributed by atoms with E-state index in [1.807, 2.05) is 0 Å². The summed E-state index contributed by atoms with van der Waals surface area (Å²) in [6.45, 7) is 2.58. The number of likely N-dealkylation sites (N-methyl/N-ethyl adjacent to an activating group) is 1. The van der Waals surface area contributed by atoms with E-state index in [0.717, 1.165) is 17.4 Å². The zero-order chi connectivity index (χ0) is 14.9. The quantitative estimate of drug-likeness (QED) is 0.695. The number of aromatic nitrogens is 1. The molecule has 1 aromatic heterocycles. The van der Waals surface area contributed by atoms with Gasteiger partial charge in [-0.1, -0.05) is 35.9 Å². The standard InChI is InChI=1S/C19H22ClN2/c1-22-9-8-15-14-4-2-3-5-17(14)21-18(15)19(22)16-10-13(20)7-6-12(16)11-22/h2-5,7,12,16,19,21H,6,8-11H2,1H3/q+1/t12-,16+,19-,22?/m1/s1. The molecule has 0 radical (unpaired) electrons. The number of fused-ring (bicyclic) bond motifs is 7. The van der Waals surface area contributed by atoms with Crippen molar-refractivity contribution in [2.75, 3.05) is 20.1 Å². The van der Waals surface area contributed by atoms with Gasteiger partial charge in [0.15, 0.2) is 0 Å². The molecule has 0 spiro atoms. The number of hydrogen-bond acceptors (Lipinski definition) is 0. The number of rotatable bonds is 0. The van der Waals surface area contributed by atoms with Crippen molar-refractivity contribution >= 4 is 22.5 Å². The molecule has 1 saturated heterocycles. The fourth-order valence-corrected chi connectivity index (χ4v) is 5.75. The minimum absolute atomic E-state index is 0.601. The van der Waals surface area contributed by atoms with Crippen LogP contribution in [0, 0.1) is 11.8 Å². The first-order valence-electron chi connectivity index (χ1n) is 8.44. The van der Waals surface area contributed by atoms with Crippen LogP contribution in [0.2, 0.25) is 0 Å². The largest absolute Gasteiger partial charge is 0.353 e. The van der Waals surface area contributed by atoms with Crippen molar-refractivity contribution in [3.63, 3.8) is 0 Å². The summed E-state index contributed by atoms with van der Waals surface area (Å²) >= 11 is 6.41. The summed E-state index contributed by atoms with van der Waals surface area (Å²) in [4.78, 5) is 3.78. The molecule has 3 aliphatic rings. The third-order valence-corrected chi connectivity index (χ3v) is 6.73. The van der Waals surface area contributed by atoms with Crippen molar-refractivity contribution in [1.29, 1.82) is 0 Å². The van der Waals surface area contributed by atoms with Crippen LogP contribution in [0.1, 0.15) is 30.1 Å². The lowest BCUT2D eigenvalue weighted by molar-refractivity contribution is -0.932. The van der Waals surface area contributed by atoms with Crippen molar-refractivity contribution in [2.45, 2.75) is 25.3 Å². The Balaban J connectivity index is 1.69. The van der Waals surface area contributed by atoms with Crippen LogP contribution in [0.5, 0.6) is 0 Å². The molecule has 0 bridgehead atoms. The number of nitrogens with one attached hydrogen (secondary N) is 1. The number of aromatic amines is 1. The predicted molar refractivity (Wildman–Crippen MR) is 90.8 cm³/mol. The van der Waals surface area contributed by atoms with E-state index in [0.29, 0.717) is 12.0 Å². The molecule has 0 amide bonds. The molecule has 1 fully saturated rings. The molecule has 1 N–H and O–H groups in total. The van der Waals surface area contributed by atoms with E-state index >= 15 is 0 Å². The Bertz CT molecular complexity index is 790. The van der Waals surface area contributed by atoms with Crippen LogP contribution in [0.15, 0.2) is 35.4 Å². The maximum absolute atomic E-state index is 6.41. The third kappa shape index (κ3) is 1.65. The maximum Gasteiger partial charge on any atom is 0.133 e. The van der Waals surface area contributed by atoms with Crippen molar-refractivity contribution in [1.82, 2.24) is 4.98 Å². The van der Waals surface area contributed by atoms with Gasteiger partial charge in [-0.15, -0.1) is 0 Å². The maximum atomic E-state index is 6.41. The first kappa shape index (κ1) is 13.2. The van der Waals surface area contributed by atoms with Gasteiger partial charge in [0.05, 0.1) is 25.8 Å². The number of nitrogens with zero attached hydrogens (tertiary/aromatic N) is 1. The van der Waals surface area contributed by atoms with Gasteiger partial charge in [0.1, 0.15) is 6.04 Å². The summed E-state index contributed by atoms with van der Waals surface area (Å²) in [5.74, 6) is 1.50. The molecule has 1 unspecified atom stereocenters. The minimum Gasteiger partial charge on any atom is -0.353 e. The molecule has 2 nitrogen and oxygen atoms in total. The van der Waals surface area contributed by atoms with Gasteiger partial charge in [-0.25, -0.2) is 0 Å². The van der Waals surface area contributed by atoms with E-state index < -0.39 is 0 Å². The number of allylic oxidation sites excluding steroid dienone is 2. The number of halogens is 1. The normalized spacial score (nSPS) is 36.6. The molecule has 2 aromatic rings. The Morgan fingerprint density at radius 2 is 2.14 bits per heavy atom. The lowest BCUT2D eigenvalue weighted by atomic mass is 9.79. The van der Waals surface area contributed by atoms with Crippen LogP contribution < -0.4 is 0 Å². The second-order valence-electron chi connectivity index (χ2n) is 7.66. The zero-order valence-corrected chi connectivity index (χ0v) is 13.7. The Morgan fingerprint density at radius 1 is 1.27 bits per heavy atom. The Morgan fingerprint density at radius 3 is 3.05 bits per heavy atom. The van der Waals surface area contributed by atoms with Gasteiger partial charge < -0.3 is 9.47 Å². The molecular weight excluding hydrogens is 292 g/mol. The summed E-state index contributed by atoms with van der Waals surface area (Å²) in [5.41, 5.74) is 4.39. The van der Waals surface area contributed by atoms with Crippen molar-refractivity contribution in [3.05, 3.63) is 46.6 Å². The number of quaternary nitrogens is 1. The summed E-state index contributed by atoms with van der Waals surface area (Å²) in [7, 11) is 2.46. The van der Waals surface area contributed by atoms with Crippen molar-refractivity contribution < 1.29 is 4.48 Å². The molecule has 22 heavy (non-hydrogen) atoms. The predicted octanol–water partition coefficient (Wildman–Crippen LogP) is 4.37. The van der Waals surface area contributed by atoms with Crippen LogP contribution >= 0.6 is 11.6 Å². The molecule has 3 heteroatoms. The minimum atomic E-state index is 0.601. The highest BCUT2D eigenvalue weighted by Gasteiger charge is 2.55. The molecule has 4 atom stereocenters. The molecule has 5 rings (SSSR count). The topological polar surface area (TPSA) is 15.8 Å². The van der Waals surface area contributed by atoms with Gasteiger partial charge in [0.2, 0.25) is 0 Å². The summed E-state index contributed by atoms with van der Waals surface area (Å²) in [6.07, 6.45) is 5.70. The second kappa shape index (κ2) is 4.39. The Hall–Kier alpha value is -1.25. The highest BCUT2D eigenvalue weighted by molar-refractivity contribution is 6.29. The molecule has 0 saturated carbocycles. The molecule has 114 valence electrons. The monoisotopic (exact) mass is 313 g/mol. The summed E-state index contributed by atoms with van der Waals surface area (Å²) < 4.78 is 1.20. The van der Waals surface area contributed by atoms with Crippen LogP contribution in [0.25, 0.3) is 10.9 Å². The smallest absolute Gasteiger partial charge is 0.133 e. The van der Waals surface area contributed by atoms with Crippen LogP contribution in [0.3, 0.4) is 0 Å². The van der Waals surface area contributed by atoms with Gasteiger partial charge in [-0.2, -0.15) is 0 Å². The van der Waals surface area contributed by atoms with Gasteiger partial charge in [-0.05, 0) is 24.5 Å². The highest BCUT2D eigenvalue weighted by Crippen LogP contribution is 2.54. The lowest BCUT2D eigenvalue weighted by Gasteiger charge is -2.41. The number of H-pyrrole nitrogens is 1. The number of hydrogen-bond donors (Lipinski definition) is 1. The average molecular weight is 314 g/mol.